The monoisotopic (exact) mass is 261 g/mol. The van der Waals surface area contributed by atoms with Crippen LogP contribution in [0.2, 0.25) is 0 Å². The second-order valence-corrected chi connectivity index (χ2v) is 4.78. The first-order valence-electron chi connectivity index (χ1n) is 6.12. The van der Waals surface area contributed by atoms with Gasteiger partial charge in [0.1, 0.15) is 0 Å². The highest BCUT2D eigenvalue weighted by Gasteiger charge is 2.16. The molecule has 0 aliphatic carbocycles. The fraction of sp³-hybridized carbons (Fsp3) is 0.286. The van der Waals surface area contributed by atoms with Gasteiger partial charge in [-0.2, -0.15) is 0 Å². The van der Waals surface area contributed by atoms with Crippen LogP contribution < -0.4 is 0 Å². The topological polar surface area (TPSA) is 29.0 Å². The molecule has 2 aromatic rings. The Morgan fingerprint density at radius 2 is 2.05 bits per heavy atom. The van der Waals surface area contributed by atoms with Crippen molar-refractivity contribution in [3.05, 3.63) is 47.3 Å². The van der Waals surface area contributed by atoms with Crippen molar-refractivity contribution in [1.82, 2.24) is 14.9 Å². The van der Waals surface area contributed by atoms with Gasteiger partial charge in [0, 0.05) is 36.8 Å². The van der Waals surface area contributed by atoms with Crippen LogP contribution in [0.25, 0.3) is 11.4 Å². The zero-order chi connectivity index (χ0) is 13.4. The summed E-state index contributed by atoms with van der Waals surface area (Å²) in [5.41, 5.74) is 2.59. The summed E-state index contributed by atoms with van der Waals surface area (Å²) >= 11 is 0. The molecule has 0 bridgehead atoms. The molecule has 98 valence electrons. The van der Waals surface area contributed by atoms with Crippen molar-refractivity contribution < 1.29 is 8.78 Å². The number of hydrogen-bond acceptors (Lipinski definition) is 3. The van der Waals surface area contributed by atoms with Crippen molar-refractivity contribution in [3.63, 3.8) is 0 Å². The Labute approximate surface area is 109 Å². The predicted octanol–water partition coefficient (Wildman–Crippen LogP) is 2.41. The molecule has 0 amide bonds. The minimum absolute atomic E-state index is 0.446. The second kappa shape index (κ2) is 4.66. The van der Waals surface area contributed by atoms with E-state index >= 15 is 0 Å². The molecule has 3 nitrogen and oxygen atoms in total. The number of benzene rings is 1. The lowest BCUT2D eigenvalue weighted by Gasteiger charge is -2.23. The van der Waals surface area contributed by atoms with Gasteiger partial charge in [-0.1, -0.05) is 0 Å². The van der Waals surface area contributed by atoms with E-state index in [1.54, 1.807) is 6.20 Å². The average molecular weight is 261 g/mol. The van der Waals surface area contributed by atoms with Crippen LogP contribution in [-0.2, 0) is 13.0 Å². The van der Waals surface area contributed by atoms with Gasteiger partial charge >= 0.3 is 0 Å². The number of aromatic nitrogens is 2. The average Bonchev–Trinajstić information content (AvgIpc) is 2.41. The Kier molecular flexibility index (Phi) is 2.98. The van der Waals surface area contributed by atoms with E-state index in [0.29, 0.717) is 11.4 Å². The van der Waals surface area contributed by atoms with Gasteiger partial charge in [-0.25, -0.2) is 18.7 Å². The molecule has 0 saturated carbocycles. The molecule has 2 heterocycles. The van der Waals surface area contributed by atoms with Gasteiger partial charge in [-0.05, 0) is 25.2 Å². The van der Waals surface area contributed by atoms with E-state index in [0.717, 1.165) is 42.9 Å². The normalized spacial score (nSPS) is 15.3. The lowest BCUT2D eigenvalue weighted by molar-refractivity contribution is 0.309. The van der Waals surface area contributed by atoms with Gasteiger partial charge < -0.3 is 4.90 Å². The maximum absolute atomic E-state index is 13.2. The Bertz CT molecular complexity index is 628. The van der Waals surface area contributed by atoms with Gasteiger partial charge in [0.15, 0.2) is 17.5 Å². The molecule has 1 aliphatic rings. The van der Waals surface area contributed by atoms with E-state index in [1.807, 2.05) is 7.05 Å². The predicted molar refractivity (Wildman–Crippen MR) is 67.4 cm³/mol. The molecule has 1 aromatic heterocycles. The summed E-state index contributed by atoms with van der Waals surface area (Å²) < 4.78 is 26.1. The zero-order valence-corrected chi connectivity index (χ0v) is 10.5. The first-order valence-corrected chi connectivity index (χ1v) is 6.12. The highest BCUT2D eigenvalue weighted by Crippen LogP contribution is 2.21. The summed E-state index contributed by atoms with van der Waals surface area (Å²) in [5.74, 6) is -1.29. The van der Waals surface area contributed by atoms with Crippen LogP contribution in [0, 0.1) is 11.6 Å². The number of halogens is 2. The van der Waals surface area contributed by atoms with Crippen molar-refractivity contribution in [1.29, 1.82) is 0 Å². The first-order chi connectivity index (χ1) is 9.13. The molecule has 1 aromatic carbocycles. The number of rotatable bonds is 1. The van der Waals surface area contributed by atoms with Gasteiger partial charge in [0.2, 0.25) is 0 Å². The maximum Gasteiger partial charge on any atom is 0.159 e. The van der Waals surface area contributed by atoms with Crippen molar-refractivity contribution in [2.45, 2.75) is 13.0 Å². The summed E-state index contributed by atoms with van der Waals surface area (Å²) in [6.07, 6.45) is 2.62. The molecule has 0 fully saturated rings. The summed E-state index contributed by atoms with van der Waals surface area (Å²) in [5, 5.41) is 0. The Morgan fingerprint density at radius 3 is 2.84 bits per heavy atom. The van der Waals surface area contributed by atoms with Gasteiger partial charge in [0.05, 0.1) is 5.69 Å². The Morgan fingerprint density at radius 1 is 1.21 bits per heavy atom. The van der Waals surface area contributed by atoms with E-state index < -0.39 is 11.6 Å². The molecule has 0 N–H and O–H groups in total. The van der Waals surface area contributed by atoms with Crippen LogP contribution in [-0.4, -0.2) is 28.5 Å². The number of fused-ring (bicyclic) bond motifs is 1. The van der Waals surface area contributed by atoms with Crippen LogP contribution in [0.1, 0.15) is 11.3 Å². The lowest BCUT2D eigenvalue weighted by Crippen LogP contribution is -2.27. The molecule has 0 spiro atoms. The largest absolute Gasteiger partial charge is 0.302 e. The quantitative estimate of drug-likeness (QED) is 0.789. The number of hydrogen-bond donors (Lipinski definition) is 0. The minimum Gasteiger partial charge on any atom is -0.302 e. The Hall–Kier alpha value is -1.88. The van der Waals surface area contributed by atoms with Gasteiger partial charge in [-0.15, -0.1) is 0 Å². The summed E-state index contributed by atoms with van der Waals surface area (Å²) in [7, 11) is 2.05. The van der Waals surface area contributed by atoms with Crippen LogP contribution in [0.15, 0.2) is 24.4 Å². The molecule has 0 saturated heterocycles. The molecule has 19 heavy (non-hydrogen) atoms. The smallest absolute Gasteiger partial charge is 0.159 e. The highest BCUT2D eigenvalue weighted by atomic mass is 19.2. The molecule has 1 aliphatic heterocycles. The fourth-order valence-corrected chi connectivity index (χ4v) is 2.23. The summed E-state index contributed by atoms with van der Waals surface area (Å²) in [6.45, 7) is 1.77. The molecule has 0 atom stereocenters. The lowest BCUT2D eigenvalue weighted by atomic mass is 10.1. The summed E-state index contributed by atoms with van der Waals surface area (Å²) in [4.78, 5) is 10.9. The maximum atomic E-state index is 13.2. The van der Waals surface area contributed by atoms with E-state index in [4.69, 9.17) is 0 Å². The molecule has 5 heteroatoms. The Balaban J connectivity index is 2.00. The second-order valence-electron chi connectivity index (χ2n) is 4.78. The standard InChI is InChI=1S/C14H13F2N3/c1-19-5-4-13-10(8-19)7-17-14(18-13)9-2-3-11(15)12(16)6-9/h2-3,6-7H,4-5,8H2,1H3. The number of likely N-dealkylation sites (N-methyl/N-ethyl adjacent to an activating group) is 1. The summed E-state index contributed by atoms with van der Waals surface area (Å²) in [6, 6.07) is 3.72. The van der Waals surface area contributed by atoms with Crippen molar-refractivity contribution in [3.8, 4) is 11.4 Å². The van der Waals surface area contributed by atoms with E-state index in [2.05, 4.69) is 14.9 Å². The van der Waals surface area contributed by atoms with E-state index in [1.165, 1.54) is 6.07 Å². The third-order valence-corrected chi connectivity index (χ3v) is 3.30. The first kappa shape index (κ1) is 12.2. The molecular weight excluding hydrogens is 248 g/mol. The van der Waals surface area contributed by atoms with Crippen LogP contribution in [0.3, 0.4) is 0 Å². The zero-order valence-electron chi connectivity index (χ0n) is 10.5. The van der Waals surface area contributed by atoms with Crippen LogP contribution in [0.4, 0.5) is 8.78 Å². The third kappa shape index (κ3) is 2.33. The van der Waals surface area contributed by atoms with Crippen molar-refractivity contribution in [2.75, 3.05) is 13.6 Å². The molecule has 0 radical (unpaired) electrons. The van der Waals surface area contributed by atoms with Crippen LogP contribution in [0.5, 0.6) is 0 Å². The molecular formula is C14H13F2N3. The van der Waals surface area contributed by atoms with Crippen molar-refractivity contribution >= 4 is 0 Å². The SMILES string of the molecule is CN1CCc2nc(-c3ccc(F)c(F)c3)ncc2C1. The van der Waals surface area contributed by atoms with Gasteiger partial charge in [-0.3, -0.25) is 0 Å². The van der Waals surface area contributed by atoms with Gasteiger partial charge in [0.25, 0.3) is 0 Å². The number of nitrogens with zero attached hydrogens (tertiary/aromatic N) is 3. The van der Waals surface area contributed by atoms with Crippen molar-refractivity contribution in [2.24, 2.45) is 0 Å². The van der Waals surface area contributed by atoms with Crippen LogP contribution >= 0.6 is 0 Å². The van der Waals surface area contributed by atoms with E-state index in [9.17, 15) is 8.78 Å². The highest BCUT2D eigenvalue weighted by molar-refractivity contribution is 5.55. The minimum atomic E-state index is -0.876. The molecule has 3 rings (SSSR count). The fourth-order valence-electron chi connectivity index (χ4n) is 2.23. The van der Waals surface area contributed by atoms with E-state index in [-0.39, 0.29) is 0 Å². The molecule has 0 unspecified atom stereocenters. The third-order valence-electron chi connectivity index (χ3n) is 3.30.